The Morgan fingerprint density at radius 1 is 1.07 bits per heavy atom. The van der Waals surface area contributed by atoms with E-state index in [1.165, 1.54) is 0 Å². The van der Waals surface area contributed by atoms with E-state index >= 15 is 0 Å². The molecule has 0 bridgehead atoms. The first-order chi connectivity index (χ1) is 14.6. The zero-order chi connectivity index (χ0) is 21.1. The minimum Gasteiger partial charge on any atom is -0.493 e. The second-order valence-corrected chi connectivity index (χ2v) is 7.44. The fourth-order valence-electron chi connectivity index (χ4n) is 3.85. The van der Waals surface area contributed by atoms with E-state index in [0.717, 1.165) is 23.8 Å². The molecule has 2 heterocycles. The zero-order valence-electron chi connectivity index (χ0n) is 17.4. The SMILES string of the molecule is COc1cc2nc(N3CCN(C(=O)CC4=CCCC=C4)CC3)nc(N)c2cc1OC. The maximum Gasteiger partial charge on any atom is 0.228 e. The largest absolute Gasteiger partial charge is 0.493 e. The molecule has 1 aromatic heterocycles. The Bertz CT molecular complexity index is 1010. The summed E-state index contributed by atoms with van der Waals surface area (Å²) in [6, 6.07) is 3.60. The van der Waals surface area contributed by atoms with Crippen LogP contribution in [-0.2, 0) is 4.79 Å². The number of piperazine rings is 1. The Kier molecular flexibility index (Phi) is 5.74. The van der Waals surface area contributed by atoms with Gasteiger partial charge in [0.1, 0.15) is 5.82 Å². The van der Waals surface area contributed by atoms with Crippen molar-refractivity contribution in [2.45, 2.75) is 19.3 Å². The van der Waals surface area contributed by atoms with Crippen molar-refractivity contribution in [3.8, 4) is 11.5 Å². The summed E-state index contributed by atoms with van der Waals surface area (Å²) in [6.45, 7) is 2.61. The van der Waals surface area contributed by atoms with Crippen LogP contribution in [0.2, 0.25) is 0 Å². The Labute approximate surface area is 176 Å². The number of methoxy groups -OCH3 is 2. The van der Waals surface area contributed by atoms with Crippen LogP contribution in [0.15, 0.2) is 35.9 Å². The third-order valence-corrected chi connectivity index (χ3v) is 5.56. The van der Waals surface area contributed by atoms with E-state index in [1.54, 1.807) is 26.4 Å². The predicted octanol–water partition coefficient (Wildman–Crippen LogP) is 2.54. The number of nitrogens with zero attached hydrogens (tertiary/aromatic N) is 4. The average Bonchev–Trinajstić information content (AvgIpc) is 2.79. The molecule has 1 aliphatic heterocycles. The minimum atomic E-state index is 0.170. The molecule has 0 atom stereocenters. The Hall–Kier alpha value is -3.29. The van der Waals surface area contributed by atoms with Crippen molar-refractivity contribution in [1.29, 1.82) is 0 Å². The lowest BCUT2D eigenvalue weighted by Crippen LogP contribution is -2.49. The molecule has 158 valence electrons. The van der Waals surface area contributed by atoms with Crippen molar-refractivity contribution < 1.29 is 14.3 Å². The normalized spacial score (nSPS) is 16.5. The number of fused-ring (bicyclic) bond motifs is 1. The molecule has 8 nitrogen and oxygen atoms in total. The highest BCUT2D eigenvalue weighted by atomic mass is 16.5. The average molecular weight is 409 g/mol. The number of hydrogen-bond donors (Lipinski definition) is 1. The quantitative estimate of drug-likeness (QED) is 0.811. The molecule has 1 amide bonds. The van der Waals surface area contributed by atoms with Crippen LogP contribution in [0.3, 0.4) is 0 Å². The number of allylic oxidation sites excluding steroid dienone is 3. The molecule has 0 saturated carbocycles. The van der Waals surface area contributed by atoms with E-state index in [4.69, 9.17) is 15.2 Å². The summed E-state index contributed by atoms with van der Waals surface area (Å²) in [5.41, 5.74) is 8.02. The third-order valence-electron chi connectivity index (χ3n) is 5.56. The van der Waals surface area contributed by atoms with Crippen LogP contribution in [0.4, 0.5) is 11.8 Å². The van der Waals surface area contributed by atoms with Crippen LogP contribution in [0.1, 0.15) is 19.3 Å². The number of amides is 1. The lowest BCUT2D eigenvalue weighted by atomic mass is 10.0. The van der Waals surface area contributed by atoms with Crippen molar-refractivity contribution in [2.75, 3.05) is 51.0 Å². The molecule has 30 heavy (non-hydrogen) atoms. The van der Waals surface area contributed by atoms with Crippen molar-refractivity contribution in [3.63, 3.8) is 0 Å². The number of rotatable bonds is 5. The molecule has 1 aliphatic carbocycles. The van der Waals surface area contributed by atoms with E-state index in [1.807, 2.05) is 4.90 Å². The molecule has 0 unspecified atom stereocenters. The van der Waals surface area contributed by atoms with Gasteiger partial charge in [-0.2, -0.15) is 4.98 Å². The number of carbonyl (C=O) groups is 1. The number of ether oxygens (including phenoxy) is 2. The molecule has 2 aromatic rings. The summed E-state index contributed by atoms with van der Waals surface area (Å²) in [5, 5.41) is 0.721. The third kappa shape index (κ3) is 4.03. The van der Waals surface area contributed by atoms with Gasteiger partial charge in [0.05, 0.1) is 26.2 Å². The van der Waals surface area contributed by atoms with Gasteiger partial charge in [-0.1, -0.05) is 18.2 Å². The summed E-state index contributed by atoms with van der Waals surface area (Å²) in [4.78, 5) is 25.8. The van der Waals surface area contributed by atoms with Gasteiger partial charge in [-0.05, 0) is 24.5 Å². The first kappa shape index (κ1) is 20.0. The van der Waals surface area contributed by atoms with Gasteiger partial charge in [0.2, 0.25) is 11.9 Å². The van der Waals surface area contributed by atoms with Gasteiger partial charge in [0.25, 0.3) is 0 Å². The van der Waals surface area contributed by atoms with Crippen molar-refractivity contribution in [3.05, 3.63) is 35.9 Å². The zero-order valence-corrected chi connectivity index (χ0v) is 17.4. The van der Waals surface area contributed by atoms with E-state index in [-0.39, 0.29) is 5.91 Å². The van der Waals surface area contributed by atoms with Crippen LogP contribution < -0.4 is 20.1 Å². The van der Waals surface area contributed by atoms with E-state index in [2.05, 4.69) is 33.1 Å². The minimum absolute atomic E-state index is 0.170. The summed E-state index contributed by atoms with van der Waals surface area (Å²) >= 11 is 0. The lowest BCUT2D eigenvalue weighted by molar-refractivity contribution is -0.130. The summed E-state index contributed by atoms with van der Waals surface area (Å²) in [7, 11) is 3.17. The Morgan fingerprint density at radius 2 is 1.80 bits per heavy atom. The van der Waals surface area contributed by atoms with Crippen molar-refractivity contribution in [2.24, 2.45) is 0 Å². The van der Waals surface area contributed by atoms with Gasteiger partial charge in [0, 0.05) is 37.6 Å². The summed E-state index contributed by atoms with van der Waals surface area (Å²) in [6.07, 6.45) is 8.90. The molecule has 0 spiro atoms. The van der Waals surface area contributed by atoms with Crippen LogP contribution in [-0.4, -0.2) is 61.2 Å². The van der Waals surface area contributed by atoms with Gasteiger partial charge in [-0.15, -0.1) is 0 Å². The van der Waals surface area contributed by atoms with Crippen LogP contribution in [0, 0.1) is 0 Å². The van der Waals surface area contributed by atoms with Crippen LogP contribution in [0.5, 0.6) is 11.5 Å². The van der Waals surface area contributed by atoms with Gasteiger partial charge >= 0.3 is 0 Å². The highest BCUT2D eigenvalue weighted by molar-refractivity contribution is 5.91. The number of carbonyl (C=O) groups excluding carboxylic acids is 1. The molecular weight excluding hydrogens is 382 g/mol. The summed E-state index contributed by atoms with van der Waals surface area (Å²) < 4.78 is 10.7. The number of anilines is 2. The molecule has 1 aromatic carbocycles. The number of aromatic nitrogens is 2. The predicted molar refractivity (Wildman–Crippen MR) is 117 cm³/mol. The maximum atomic E-state index is 12.6. The second-order valence-electron chi connectivity index (χ2n) is 7.44. The standard InChI is InChI=1S/C22H27N5O3/c1-29-18-13-16-17(14-19(18)30-2)24-22(25-21(16)23)27-10-8-26(9-11-27)20(28)12-15-6-4-3-5-7-15/h4,6-7,13-14H,3,5,8-12H2,1-2H3,(H2,23,24,25). The number of nitrogens with two attached hydrogens (primary N) is 1. The molecule has 2 N–H and O–H groups in total. The molecule has 8 heteroatoms. The van der Waals surface area contributed by atoms with Crippen LogP contribution >= 0.6 is 0 Å². The van der Waals surface area contributed by atoms with Crippen molar-refractivity contribution in [1.82, 2.24) is 14.9 Å². The number of benzene rings is 1. The molecular formula is C22H27N5O3. The first-order valence-corrected chi connectivity index (χ1v) is 10.2. The molecule has 4 rings (SSSR count). The van der Waals surface area contributed by atoms with Gasteiger partial charge in [-0.25, -0.2) is 4.98 Å². The van der Waals surface area contributed by atoms with Crippen LogP contribution in [0.25, 0.3) is 10.9 Å². The van der Waals surface area contributed by atoms with E-state index in [0.29, 0.717) is 61.4 Å². The second kappa shape index (κ2) is 8.61. The van der Waals surface area contributed by atoms with Gasteiger partial charge < -0.3 is 25.0 Å². The molecule has 1 fully saturated rings. The highest BCUT2D eigenvalue weighted by Crippen LogP contribution is 2.34. The van der Waals surface area contributed by atoms with Crippen molar-refractivity contribution >= 4 is 28.6 Å². The molecule has 2 aliphatic rings. The van der Waals surface area contributed by atoms with Gasteiger partial charge in [-0.3, -0.25) is 4.79 Å². The lowest BCUT2D eigenvalue weighted by Gasteiger charge is -2.35. The smallest absolute Gasteiger partial charge is 0.228 e. The number of nitrogen functional groups attached to an aromatic ring is 1. The maximum absolute atomic E-state index is 12.6. The Morgan fingerprint density at radius 3 is 2.47 bits per heavy atom. The summed E-state index contributed by atoms with van der Waals surface area (Å²) in [5.74, 6) is 2.31. The fraction of sp³-hybridized carbons (Fsp3) is 0.409. The molecule has 0 radical (unpaired) electrons. The monoisotopic (exact) mass is 409 g/mol. The fourth-order valence-corrected chi connectivity index (χ4v) is 3.85. The topological polar surface area (TPSA) is 93.8 Å². The highest BCUT2D eigenvalue weighted by Gasteiger charge is 2.24. The first-order valence-electron chi connectivity index (χ1n) is 10.2. The van der Waals surface area contributed by atoms with Gasteiger partial charge in [0.15, 0.2) is 11.5 Å². The van der Waals surface area contributed by atoms with E-state index in [9.17, 15) is 4.79 Å². The molecule has 1 saturated heterocycles. The number of hydrogen-bond acceptors (Lipinski definition) is 7. The Balaban J connectivity index is 1.47. The van der Waals surface area contributed by atoms with E-state index < -0.39 is 0 Å².